The van der Waals surface area contributed by atoms with Gasteiger partial charge in [0.1, 0.15) is 0 Å². The number of esters is 1. The van der Waals surface area contributed by atoms with E-state index in [4.69, 9.17) is 9.47 Å². The van der Waals surface area contributed by atoms with E-state index in [0.29, 0.717) is 24.4 Å². The minimum atomic E-state index is -0.369. The number of carbonyl (C=O) groups is 2. The first-order valence-electron chi connectivity index (χ1n) is 7.12. The van der Waals surface area contributed by atoms with Crippen LogP contribution in [0.15, 0.2) is 24.3 Å². The molecule has 114 valence electrons. The number of nitrogens with one attached hydrogen (secondary N) is 2. The van der Waals surface area contributed by atoms with Gasteiger partial charge in [-0.05, 0) is 44.0 Å². The molecule has 1 atom stereocenters. The molecule has 1 aromatic carbocycles. The molecule has 0 radical (unpaired) electrons. The molecule has 1 aromatic rings. The van der Waals surface area contributed by atoms with Crippen LogP contribution in [0.2, 0.25) is 0 Å². The minimum Gasteiger partial charge on any atom is -0.462 e. The zero-order valence-corrected chi connectivity index (χ0v) is 12.1. The Bertz CT molecular complexity index is 481. The SMILES string of the molecule is CCOC(=O)c1ccc(NC(=O)NC[C@@H]2CCCO2)cc1. The summed E-state index contributed by atoms with van der Waals surface area (Å²) in [6.45, 7) is 3.37. The van der Waals surface area contributed by atoms with E-state index in [1.54, 1.807) is 31.2 Å². The van der Waals surface area contributed by atoms with Crippen molar-refractivity contribution in [2.24, 2.45) is 0 Å². The number of carbonyl (C=O) groups excluding carboxylic acids is 2. The standard InChI is InChI=1S/C15H20N2O4/c1-2-20-14(18)11-5-7-12(8-6-11)17-15(19)16-10-13-4-3-9-21-13/h5-8,13H,2-4,9-10H2,1H3,(H2,16,17,19)/t13-/m0/s1. The predicted octanol–water partition coefficient (Wildman–Crippen LogP) is 2.16. The summed E-state index contributed by atoms with van der Waals surface area (Å²) in [6, 6.07) is 6.28. The largest absolute Gasteiger partial charge is 0.462 e. The summed E-state index contributed by atoms with van der Waals surface area (Å²) in [5.74, 6) is -0.369. The van der Waals surface area contributed by atoms with Crippen molar-refractivity contribution in [3.63, 3.8) is 0 Å². The van der Waals surface area contributed by atoms with E-state index in [-0.39, 0.29) is 18.1 Å². The molecule has 6 nitrogen and oxygen atoms in total. The van der Waals surface area contributed by atoms with Crippen molar-refractivity contribution in [3.8, 4) is 0 Å². The summed E-state index contributed by atoms with van der Waals surface area (Å²) >= 11 is 0. The van der Waals surface area contributed by atoms with Crippen molar-refractivity contribution in [2.75, 3.05) is 25.1 Å². The Morgan fingerprint density at radius 2 is 2.10 bits per heavy atom. The maximum absolute atomic E-state index is 11.7. The zero-order chi connectivity index (χ0) is 15.1. The summed E-state index contributed by atoms with van der Waals surface area (Å²) in [4.78, 5) is 23.2. The maximum Gasteiger partial charge on any atom is 0.338 e. The summed E-state index contributed by atoms with van der Waals surface area (Å²) in [6.07, 6.45) is 2.14. The van der Waals surface area contributed by atoms with Crippen LogP contribution in [-0.2, 0) is 9.47 Å². The molecular formula is C15H20N2O4. The second kappa shape index (κ2) is 7.64. The maximum atomic E-state index is 11.7. The van der Waals surface area contributed by atoms with Crippen molar-refractivity contribution >= 4 is 17.7 Å². The lowest BCUT2D eigenvalue weighted by Gasteiger charge is -2.12. The van der Waals surface area contributed by atoms with Gasteiger partial charge < -0.3 is 20.1 Å². The number of benzene rings is 1. The molecule has 2 amide bonds. The van der Waals surface area contributed by atoms with Crippen LogP contribution in [0.4, 0.5) is 10.5 Å². The molecule has 0 bridgehead atoms. The number of rotatable bonds is 5. The number of ether oxygens (including phenoxy) is 2. The number of amides is 2. The van der Waals surface area contributed by atoms with Crippen LogP contribution in [-0.4, -0.2) is 37.9 Å². The normalized spacial score (nSPS) is 17.3. The number of hydrogen-bond donors (Lipinski definition) is 2. The first kappa shape index (κ1) is 15.3. The van der Waals surface area contributed by atoms with Crippen LogP contribution in [0.1, 0.15) is 30.1 Å². The van der Waals surface area contributed by atoms with Gasteiger partial charge in [0.15, 0.2) is 0 Å². The molecule has 1 saturated heterocycles. The Labute approximate surface area is 123 Å². The van der Waals surface area contributed by atoms with Crippen LogP contribution in [0.25, 0.3) is 0 Å². The molecule has 21 heavy (non-hydrogen) atoms. The molecule has 2 N–H and O–H groups in total. The van der Waals surface area contributed by atoms with E-state index in [1.165, 1.54) is 0 Å². The highest BCUT2D eigenvalue weighted by atomic mass is 16.5. The van der Waals surface area contributed by atoms with E-state index >= 15 is 0 Å². The Hall–Kier alpha value is -2.08. The molecule has 0 aromatic heterocycles. The van der Waals surface area contributed by atoms with Gasteiger partial charge in [-0.1, -0.05) is 0 Å². The summed E-state index contributed by atoms with van der Waals surface area (Å²) in [5, 5.41) is 5.47. The zero-order valence-electron chi connectivity index (χ0n) is 12.1. The fraction of sp³-hybridized carbons (Fsp3) is 0.467. The van der Waals surface area contributed by atoms with Gasteiger partial charge in [0.2, 0.25) is 0 Å². The summed E-state index contributed by atoms with van der Waals surface area (Å²) < 4.78 is 10.3. The quantitative estimate of drug-likeness (QED) is 0.815. The molecule has 1 aliphatic rings. The van der Waals surface area contributed by atoms with Crippen LogP contribution < -0.4 is 10.6 Å². The first-order chi connectivity index (χ1) is 10.2. The van der Waals surface area contributed by atoms with E-state index in [1.807, 2.05) is 0 Å². The lowest BCUT2D eigenvalue weighted by atomic mass is 10.2. The lowest BCUT2D eigenvalue weighted by molar-refractivity contribution is 0.0526. The second-order valence-corrected chi connectivity index (χ2v) is 4.77. The summed E-state index contributed by atoms with van der Waals surface area (Å²) in [5.41, 5.74) is 1.08. The van der Waals surface area contributed by atoms with Crippen LogP contribution in [0, 0.1) is 0 Å². The van der Waals surface area contributed by atoms with Crippen LogP contribution in [0.5, 0.6) is 0 Å². The molecule has 0 aliphatic carbocycles. The topological polar surface area (TPSA) is 76.7 Å². The summed E-state index contributed by atoms with van der Waals surface area (Å²) in [7, 11) is 0. The van der Waals surface area contributed by atoms with Gasteiger partial charge in [-0.3, -0.25) is 0 Å². The van der Waals surface area contributed by atoms with Crippen molar-refractivity contribution in [1.82, 2.24) is 5.32 Å². The first-order valence-corrected chi connectivity index (χ1v) is 7.12. The number of anilines is 1. The Morgan fingerprint density at radius 1 is 1.33 bits per heavy atom. The van der Waals surface area contributed by atoms with Gasteiger partial charge in [-0.25, -0.2) is 9.59 Å². The molecule has 1 heterocycles. The third kappa shape index (κ3) is 4.75. The van der Waals surface area contributed by atoms with Gasteiger partial charge >= 0.3 is 12.0 Å². The van der Waals surface area contributed by atoms with Crippen LogP contribution in [0.3, 0.4) is 0 Å². The van der Waals surface area contributed by atoms with Gasteiger partial charge in [0.25, 0.3) is 0 Å². The second-order valence-electron chi connectivity index (χ2n) is 4.77. The molecule has 0 saturated carbocycles. The molecule has 6 heteroatoms. The molecule has 2 rings (SSSR count). The monoisotopic (exact) mass is 292 g/mol. The highest BCUT2D eigenvalue weighted by Gasteiger charge is 2.16. The molecular weight excluding hydrogens is 272 g/mol. The van der Waals surface area contributed by atoms with Gasteiger partial charge in [-0.2, -0.15) is 0 Å². The fourth-order valence-corrected chi connectivity index (χ4v) is 2.09. The molecule has 1 fully saturated rings. The third-order valence-corrected chi connectivity index (χ3v) is 3.17. The molecule has 0 spiro atoms. The Morgan fingerprint density at radius 3 is 2.71 bits per heavy atom. The van der Waals surface area contributed by atoms with E-state index in [9.17, 15) is 9.59 Å². The molecule has 0 unspecified atom stereocenters. The van der Waals surface area contributed by atoms with Crippen LogP contribution >= 0.6 is 0 Å². The van der Waals surface area contributed by atoms with E-state index in [0.717, 1.165) is 19.4 Å². The molecule has 1 aliphatic heterocycles. The highest BCUT2D eigenvalue weighted by Crippen LogP contribution is 2.12. The smallest absolute Gasteiger partial charge is 0.338 e. The average Bonchev–Trinajstić information content (AvgIpc) is 2.99. The van der Waals surface area contributed by atoms with E-state index < -0.39 is 0 Å². The van der Waals surface area contributed by atoms with Crippen molar-refractivity contribution in [1.29, 1.82) is 0 Å². The number of urea groups is 1. The highest BCUT2D eigenvalue weighted by molar-refractivity contribution is 5.92. The van der Waals surface area contributed by atoms with Crippen molar-refractivity contribution in [3.05, 3.63) is 29.8 Å². The van der Waals surface area contributed by atoms with Gasteiger partial charge in [-0.15, -0.1) is 0 Å². The average molecular weight is 292 g/mol. The Kier molecular flexibility index (Phi) is 5.57. The van der Waals surface area contributed by atoms with E-state index in [2.05, 4.69) is 10.6 Å². The van der Waals surface area contributed by atoms with Crippen molar-refractivity contribution in [2.45, 2.75) is 25.9 Å². The minimum absolute atomic E-state index is 0.113. The van der Waals surface area contributed by atoms with Gasteiger partial charge in [0, 0.05) is 18.8 Å². The Balaban J connectivity index is 1.79. The van der Waals surface area contributed by atoms with Gasteiger partial charge in [0.05, 0.1) is 18.3 Å². The predicted molar refractivity (Wildman–Crippen MR) is 78.4 cm³/mol. The number of hydrogen-bond acceptors (Lipinski definition) is 4. The fourth-order valence-electron chi connectivity index (χ4n) is 2.09. The third-order valence-electron chi connectivity index (χ3n) is 3.17. The lowest BCUT2D eigenvalue weighted by Crippen LogP contribution is -2.35. The van der Waals surface area contributed by atoms with Crippen molar-refractivity contribution < 1.29 is 19.1 Å².